The zero-order valence-electron chi connectivity index (χ0n) is 7.01. The van der Waals surface area contributed by atoms with Crippen molar-refractivity contribution in [3.8, 4) is 6.07 Å². The van der Waals surface area contributed by atoms with Gasteiger partial charge in [-0.3, -0.25) is 0 Å². The highest BCUT2D eigenvalue weighted by Crippen LogP contribution is 2.27. The van der Waals surface area contributed by atoms with Crippen molar-refractivity contribution in [3.63, 3.8) is 0 Å². The van der Waals surface area contributed by atoms with Gasteiger partial charge in [-0.05, 0) is 18.2 Å². The van der Waals surface area contributed by atoms with Crippen molar-refractivity contribution in [3.05, 3.63) is 29.8 Å². The van der Waals surface area contributed by atoms with Crippen LogP contribution in [0.4, 0.5) is 13.2 Å². The van der Waals surface area contributed by atoms with Crippen molar-refractivity contribution >= 4 is 11.8 Å². The van der Waals surface area contributed by atoms with Crippen LogP contribution in [0.25, 0.3) is 0 Å². The van der Waals surface area contributed by atoms with Gasteiger partial charge in [0.05, 0.1) is 17.4 Å². The Hall–Kier alpha value is -1.15. The highest BCUT2D eigenvalue weighted by Gasteiger charge is 2.27. The molecule has 0 aliphatic rings. The van der Waals surface area contributed by atoms with Crippen molar-refractivity contribution in [2.24, 2.45) is 0 Å². The molecule has 1 rings (SSSR count). The molecule has 0 aromatic heterocycles. The second kappa shape index (κ2) is 4.38. The van der Waals surface area contributed by atoms with Crippen LogP contribution in [-0.2, 0) is 0 Å². The Morgan fingerprint density at radius 2 is 2.07 bits per heavy atom. The largest absolute Gasteiger partial charge is 0.398 e. The maximum atomic E-state index is 11.8. The summed E-state index contributed by atoms with van der Waals surface area (Å²) in [7, 11) is 0. The van der Waals surface area contributed by atoms with Gasteiger partial charge in [0.25, 0.3) is 0 Å². The smallest absolute Gasteiger partial charge is 0.192 e. The molecule has 0 N–H and O–H groups in total. The summed E-state index contributed by atoms with van der Waals surface area (Å²) in [4.78, 5) is 0.460. The predicted octanol–water partition coefficient (Wildman–Crippen LogP) is 3.21. The summed E-state index contributed by atoms with van der Waals surface area (Å²) in [6, 6.07) is 7.98. The van der Waals surface area contributed by atoms with E-state index in [2.05, 4.69) is 0 Å². The minimum absolute atomic E-state index is 0.372. The van der Waals surface area contributed by atoms with E-state index in [1.807, 2.05) is 6.07 Å². The number of nitriles is 1. The van der Waals surface area contributed by atoms with Crippen molar-refractivity contribution in [2.45, 2.75) is 11.1 Å². The summed E-state index contributed by atoms with van der Waals surface area (Å²) >= 11 is 0.681. The molecule has 5 heteroatoms. The van der Waals surface area contributed by atoms with Gasteiger partial charge in [-0.2, -0.15) is 18.4 Å². The quantitative estimate of drug-likeness (QED) is 0.710. The van der Waals surface area contributed by atoms with E-state index in [1.54, 1.807) is 18.2 Å². The zero-order valence-corrected chi connectivity index (χ0v) is 7.82. The summed E-state index contributed by atoms with van der Waals surface area (Å²) in [5.41, 5.74) is 0.372. The van der Waals surface area contributed by atoms with E-state index in [0.717, 1.165) is 0 Å². The lowest BCUT2D eigenvalue weighted by Crippen LogP contribution is -2.10. The average molecular weight is 217 g/mol. The normalized spacial score (nSPS) is 11.0. The van der Waals surface area contributed by atoms with Gasteiger partial charge < -0.3 is 0 Å². The molecule has 1 nitrogen and oxygen atoms in total. The van der Waals surface area contributed by atoms with Gasteiger partial charge in [0, 0.05) is 4.90 Å². The van der Waals surface area contributed by atoms with Gasteiger partial charge >= 0.3 is 6.18 Å². The van der Waals surface area contributed by atoms with E-state index in [-0.39, 0.29) is 0 Å². The standard InChI is InChI=1S/C9H6F3NS/c10-9(11,12)6-14-8-3-1-2-7(4-8)5-13/h1-4H,6H2. The molecule has 14 heavy (non-hydrogen) atoms. The van der Waals surface area contributed by atoms with Gasteiger partial charge in [0.15, 0.2) is 0 Å². The lowest BCUT2D eigenvalue weighted by Gasteiger charge is -2.05. The van der Waals surface area contributed by atoms with E-state index in [1.165, 1.54) is 6.07 Å². The van der Waals surface area contributed by atoms with Crippen molar-refractivity contribution < 1.29 is 13.2 Å². The van der Waals surface area contributed by atoms with Crippen LogP contribution in [0.2, 0.25) is 0 Å². The van der Waals surface area contributed by atoms with Crippen molar-refractivity contribution in [1.82, 2.24) is 0 Å². The molecule has 0 radical (unpaired) electrons. The van der Waals surface area contributed by atoms with Crippen molar-refractivity contribution in [2.75, 3.05) is 5.75 Å². The number of rotatable bonds is 2. The Labute approximate surface area is 83.5 Å². The van der Waals surface area contributed by atoms with Crippen LogP contribution in [0.5, 0.6) is 0 Å². The number of hydrogen-bond acceptors (Lipinski definition) is 2. The predicted molar refractivity (Wildman–Crippen MR) is 47.9 cm³/mol. The minimum atomic E-state index is -4.17. The Morgan fingerprint density at radius 1 is 1.36 bits per heavy atom. The van der Waals surface area contributed by atoms with Crippen LogP contribution >= 0.6 is 11.8 Å². The first-order valence-electron chi connectivity index (χ1n) is 3.71. The molecule has 1 aromatic rings. The van der Waals surface area contributed by atoms with Crippen LogP contribution in [0, 0.1) is 11.3 Å². The summed E-state index contributed by atoms with van der Waals surface area (Å²) in [5.74, 6) is -0.929. The fraction of sp³-hybridized carbons (Fsp3) is 0.222. The fourth-order valence-corrected chi connectivity index (χ4v) is 1.54. The van der Waals surface area contributed by atoms with Crippen LogP contribution < -0.4 is 0 Å². The highest BCUT2D eigenvalue weighted by atomic mass is 32.2. The lowest BCUT2D eigenvalue weighted by molar-refractivity contribution is -0.105. The molecule has 0 aliphatic carbocycles. The van der Waals surface area contributed by atoms with Gasteiger partial charge in [-0.25, -0.2) is 0 Å². The first-order valence-corrected chi connectivity index (χ1v) is 4.69. The molecule has 0 fully saturated rings. The third-order valence-electron chi connectivity index (χ3n) is 1.37. The minimum Gasteiger partial charge on any atom is -0.192 e. The molecule has 0 bridgehead atoms. The summed E-state index contributed by atoms with van der Waals surface area (Å²) in [6.45, 7) is 0. The molecule has 0 heterocycles. The van der Waals surface area contributed by atoms with Crippen LogP contribution in [0.15, 0.2) is 29.2 Å². The zero-order chi connectivity index (χ0) is 10.6. The molecule has 0 saturated heterocycles. The molecular formula is C9H6F3NS. The fourth-order valence-electron chi connectivity index (χ4n) is 0.821. The van der Waals surface area contributed by atoms with Gasteiger partial charge in [-0.15, -0.1) is 11.8 Å². The van der Waals surface area contributed by atoms with E-state index in [4.69, 9.17) is 5.26 Å². The van der Waals surface area contributed by atoms with Crippen molar-refractivity contribution in [1.29, 1.82) is 5.26 Å². The van der Waals surface area contributed by atoms with Crippen LogP contribution in [0.1, 0.15) is 5.56 Å². The lowest BCUT2D eigenvalue weighted by atomic mass is 10.2. The number of alkyl halides is 3. The Kier molecular flexibility index (Phi) is 3.42. The van der Waals surface area contributed by atoms with E-state index in [9.17, 15) is 13.2 Å². The Bertz CT molecular complexity index is 354. The van der Waals surface area contributed by atoms with E-state index in [0.29, 0.717) is 22.2 Å². The first-order chi connectivity index (χ1) is 6.51. The molecule has 0 saturated carbocycles. The second-order valence-corrected chi connectivity index (χ2v) is 3.59. The monoisotopic (exact) mass is 217 g/mol. The van der Waals surface area contributed by atoms with Gasteiger partial charge in [-0.1, -0.05) is 6.07 Å². The molecule has 0 spiro atoms. The van der Waals surface area contributed by atoms with Crippen LogP contribution in [-0.4, -0.2) is 11.9 Å². The molecule has 0 unspecified atom stereocenters. The summed E-state index contributed by atoms with van der Waals surface area (Å²) in [6.07, 6.45) is -4.17. The Morgan fingerprint density at radius 3 is 2.64 bits per heavy atom. The molecule has 1 aromatic carbocycles. The average Bonchev–Trinajstić information content (AvgIpc) is 2.14. The molecule has 0 atom stereocenters. The Balaban J connectivity index is 2.65. The van der Waals surface area contributed by atoms with E-state index >= 15 is 0 Å². The molecule has 0 aliphatic heterocycles. The number of nitrogens with zero attached hydrogens (tertiary/aromatic N) is 1. The number of halogens is 3. The third kappa shape index (κ3) is 3.71. The maximum absolute atomic E-state index is 11.8. The first kappa shape index (κ1) is 10.9. The number of hydrogen-bond donors (Lipinski definition) is 0. The van der Waals surface area contributed by atoms with E-state index < -0.39 is 11.9 Å². The summed E-state index contributed by atoms with van der Waals surface area (Å²) in [5, 5.41) is 8.51. The van der Waals surface area contributed by atoms with Gasteiger partial charge in [0.1, 0.15) is 0 Å². The molecule has 74 valence electrons. The SMILES string of the molecule is N#Cc1cccc(SCC(F)(F)F)c1. The maximum Gasteiger partial charge on any atom is 0.398 e. The number of benzene rings is 1. The second-order valence-electron chi connectivity index (χ2n) is 2.54. The summed E-state index contributed by atoms with van der Waals surface area (Å²) < 4.78 is 35.5. The number of thioether (sulfide) groups is 1. The topological polar surface area (TPSA) is 23.8 Å². The third-order valence-corrected chi connectivity index (χ3v) is 2.42. The van der Waals surface area contributed by atoms with Crippen LogP contribution in [0.3, 0.4) is 0 Å². The highest BCUT2D eigenvalue weighted by molar-refractivity contribution is 7.99. The molecule has 0 amide bonds. The van der Waals surface area contributed by atoms with Gasteiger partial charge in [0.2, 0.25) is 0 Å². The molecular weight excluding hydrogens is 211 g/mol.